The Morgan fingerprint density at radius 1 is 1.18 bits per heavy atom. The summed E-state index contributed by atoms with van der Waals surface area (Å²) < 4.78 is 5.13. The topological polar surface area (TPSA) is 50.4 Å². The molecule has 126 valence electrons. The van der Waals surface area contributed by atoms with Crippen LogP contribution in [0.4, 0.5) is 10.5 Å². The third-order valence-electron chi connectivity index (χ3n) is 3.34. The Morgan fingerprint density at radius 2 is 1.91 bits per heavy atom. The van der Waals surface area contributed by atoms with E-state index in [2.05, 4.69) is 24.5 Å². The molecule has 0 radical (unpaired) electrons. The van der Waals surface area contributed by atoms with Crippen LogP contribution in [-0.2, 0) is 4.74 Å². The fraction of sp³-hybridized carbons (Fsp3) is 0.588. The molecule has 2 N–H and O–H groups in total. The number of rotatable bonds is 10. The Hall–Kier alpha value is -1.26. The number of para-hydroxylation sites is 1. The zero-order valence-electron chi connectivity index (χ0n) is 13.6. The van der Waals surface area contributed by atoms with E-state index in [0.29, 0.717) is 19.2 Å². The molecule has 0 saturated heterocycles. The normalized spacial score (nSPS) is 11.4. The van der Waals surface area contributed by atoms with E-state index in [9.17, 15) is 4.79 Å². The fourth-order valence-corrected chi connectivity index (χ4v) is 2.10. The van der Waals surface area contributed by atoms with Crippen molar-refractivity contribution < 1.29 is 9.53 Å². The number of hydrogen-bond acceptors (Lipinski definition) is 3. The van der Waals surface area contributed by atoms with Crippen molar-refractivity contribution in [2.24, 2.45) is 0 Å². The number of ether oxygens (including phenoxy) is 1. The zero-order chi connectivity index (χ0) is 15.3. The molecule has 0 aliphatic heterocycles. The molecule has 1 aromatic rings. The quantitative estimate of drug-likeness (QED) is 0.617. The Labute approximate surface area is 140 Å². The van der Waals surface area contributed by atoms with Crippen LogP contribution in [0.25, 0.3) is 0 Å². The molecular formula is C17H29ClN2O2. The fourth-order valence-electron chi connectivity index (χ4n) is 2.10. The van der Waals surface area contributed by atoms with Gasteiger partial charge in [-0.25, -0.2) is 4.79 Å². The molecule has 0 aromatic heterocycles. The second-order valence-corrected chi connectivity index (χ2v) is 5.33. The number of amides is 1. The van der Waals surface area contributed by atoms with E-state index in [1.54, 1.807) is 0 Å². The van der Waals surface area contributed by atoms with Gasteiger partial charge in [-0.05, 0) is 25.5 Å². The Bertz CT molecular complexity index is 388. The van der Waals surface area contributed by atoms with Gasteiger partial charge in [-0.2, -0.15) is 0 Å². The summed E-state index contributed by atoms with van der Waals surface area (Å²) in [6.07, 6.45) is 5.92. The maximum atomic E-state index is 11.5. The minimum atomic E-state index is -0.404. The summed E-state index contributed by atoms with van der Waals surface area (Å²) in [5.41, 5.74) is 0.750. The number of hydrogen-bond donors (Lipinski definition) is 2. The number of benzene rings is 1. The average molecular weight is 329 g/mol. The largest absolute Gasteiger partial charge is 0.448 e. The molecule has 0 bridgehead atoms. The second kappa shape index (κ2) is 13.4. The van der Waals surface area contributed by atoms with Crippen molar-refractivity contribution in [3.63, 3.8) is 0 Å². The van der Waals surface area contributed by atoms with Crippen LogP contribution in [0.15, 0.2) is 30.3 Å². The third kappa shape index (κ3) is 10.5. The zero-order valence-corrected chi connectivity index (χ0v) is 14.5. The van der Waals surface area contributed by atoms with Crippen LogP contribution in [0.5, 0.6) is 0 Å². The molecule has 0 aliphatic carbocycles. The summed E-state index contributed by atoms with van der Waals surface area (Å²) >= 11 is 0. The van der Waals surface area contributed by atoms with Gasteiger partial charge in [0.25, 0.3) is 0 Å². The molecule has 0 aliphatic rings. The smallest absolute Gasteiger partial charge is 0.411 e. The number of halogens is 1. The Balaban J connectivity index is 0.00000441. The van der Waals surface area contributed by atoms with E-state index in [4.69, 9.17) is 4.74 Å². The Morgan fingerprint density at radius 3 is 2.59 bits per heavy atom. The molecule has 0 spiro atoms. The predicted octanol–water partition coefficient (Wildman–Crippen LogP) is 4.61. The molecule has 1 aromatic carbocycles. The van der Waals surface area contributed by atoms with Gasteiger partial charge in [-0.1, -0.05) is 50.8 Å². The highest BCUT2D eigenvalue weighted by molar-refractivity contribution is 5.85. The lowest BCUT2D eigenvalue weighted by atomic mass is 10.1. The Kier molecular flexibility index (Phi) is 12.6. The maximum absolute atomic E-state index is 11.5. The molecule has 1 atom stereocenters. The molecule has 22 heavy (non-hydrogen) atoms. The van der Waals surface area contributed by atoms with Gasteiger partial charge in [-0.3, -0.25) is 5.32 Å². The number of unbranched alkanes of at least 4 members (excludes halogenated alkanes) is 3. The van der Waals surface area contributed by atoms with E-state index in [0.717, 1.165) is 5.69 Å². The van der Waals surface area contributed by atoms with Crippen molar-refractivity contribution in [2.45, 2.75) is 52.0 Å². The van der Waals surface area contributed by atoms with Crippen LogP contribution in [0.2, 0.25) is 0 Å². The lowest BCUT2D eigenvalue weighted by Crippen LogP contribution is -2.30. The third-order valence-corrected chi connectivity index (χ3v) is 3.34. The van der Waals surface area contributed by atoms with Crippen LogP contribution in [0, 0.1) is 0 Å². The summed E-state index contributed by atoms with van der Waals surface area (Å²) in [4.78, 5) is 11.5. The molecule has 1 rings (SSSR count). The van der Waals surface area contributed by atoms with Crippen LogP contribution < -0.4 is 10.6 Å². The first kappa shape index (κ1) is 20.7. The molecule has 0 fully saturated rings. The number of carbonyl (C=O) groups excluding carboxylic acids is 1. The highest BCUT2D eigenvalue weighted by Crippen LogP contribution is 2.06. The number of carbonyl (C=O) groups is 1. The van der Waals surface area contributed by atoms with Gasteiger partial charge in [0.1, 0.15) is 6.61 Å². The van der Waals surface area contributed by atoms with Crippen molar-refractivity contribution in [3.8, 4) is 0 Å². The second-order valence-electron chi connectivity index (χ2n) is 5.33. The number of nitrogens with one attached hydrogen (secondary N) is 2. The molecule has 5 heteroatoms. The van der Waals surface area contributed by atoms with Crippen molar-refractivity contribution in [1.82, 2.24) is 5.32 Å². The van der Waals surface area contributed by atoms with Crippen LogP contribution in [0.1, 0.15) is 46.0 Å². The van der Waals surface area contributed by atoms with Gasteiger partial charge in [0.15, 0.2) is 0 Å². The van der Waals surface area contributed by atoms with Crippen molar-refractivity contribution in [3.05, 3.63) is 30.3 Å². The van der Waals surface area contributed by atoms with Gasteiger partial charge in [0, 0.05) is 18.3 Å². The van der Waals surface area contributed by atoms with E-state index in [1.165, 1.54) is 32.1 Å². The van der Waals surface area contributed by atoms with Gasteiger partial charge in [0.05, 0.1) is 0 Å². The standard InChI is InChI=1S/C17H28N2O2.ClH/c1-3-4-5-7-10-15(2)18-13-14-21-17(20)19-16-11-8-6-9-12-16;/h6,8-9,11-12,15,18H,3-5,7,10,13-14H2,1-2H3,(H,19,20);1H. The highest BCUT2D eigenvalue weighted by Gasteiger charge is 2.04. The van der Waals surface area contributed by atoms with E-state index < -0.39 is 6.09 Å². The molecular weight excluding hydrogens is 300 g/mol. The minimum absolute atomic E-state index is 0. The first-order valence-corrected chi connectivity index (χ1v) is 7.94. The van der Waals surface area contributed by atoms with Gasteiger partial charge < -0.3 is 10.1 Å². The van der Waals surface area contributed by atoms with Crippen molar-refractivity contribution in [1.29, 1.82) is 0 Å². The lowest BCUT2D eigenvalue weighted by molar-refractivity contribution is 0.161. The van der Waals surface area contributed by atoms with E-state index in [1.807, 2.05) is 30.3 Å². The average Bonchev–Trinajstić information content (AvgIpc) is 2.49. The summed E-state index contributed by atoms with van der Waals surface area (Å²) in [5, 5.41) is 6.06. The molecule has 0 heterocycles. The lowest BCUT2D eigenvalue weighted by Gasteiger charge is -2.13. The molecule has 1 amide bonds. The van der Waals surface area contributed by atoms with Crippen LogP contribution in [0.3, 0.4) is 0 Å². The monoisotopic (exact) mass is 328 g/mol. The minimum Gasteiger partial charge on any atom is -0.448 e. The van der Waals surface area contributed by atoms with Gasteiger partial charge in [-0.15, -0.1) is 12.4 Å². The maximum Gasteiger partial charge on any atom is 0.411 e. The van der Waals surface area contributed by atoms with Crippen molar-refractivity contribution in [2.75, 3.05) is 18.5 Å². The SMILES string of the molecule is CCCCCCC(C)NCCOC(=O)Nc1ccccc1.Cl. The summed E-state index contributed by atoms with van der Waals surface area (Å²) in [6.45, 7) is 5.48. The van der Waals surface area contributed by atoms with Crippen LogP contribution >= 0.6 is 12.4 Å². The van der Waals surface area contributed by atoms with E-state index in [-0.39, 0.29) is 12.4 Å². The molecule has 4 nitrogen and oxygen atoms in total. The van der Waals surface area contributed by atoms with Crippen molar-refractivity contribution >= 4 is 24.2 Å². The summed E-state index contributed by atoms with van der Waals surface area (Å²) in [6, 6.07) is 9.79. The first-order valence-electron chi connectivity index (χ1n) is 7.94. The molecule has 0 saturated carbocycles. The van der Waals surface area contributed by atoms with Gasteiger partial charge >= 0.3 is 6.09 Å². The summed E-state index contributed by atoms with van der Waals surface area (Å²) in [7, 11) is 0. The number of anilines is 1. The molecule has 1 unspecified atom stereocenters. The predicted molar refractivity (Wildman–Crippen MR) is 94.9 cm³/mol. The van der Waals surface area contributed by atoms with E-state index >= 15 is 0 Å². The van der Waals surface area contributed by atoms with Crippen LogP contribution in [-0.4, -0.2) is 25.3 Å². The summed E-state index contributed by atoms with van der Waals surface area (Å²) in [5.74, 6) is 0. The highest BCUT2D eigenvalue weighted by atomic mass is 35.5. The van der Waals surface area contributed by atoms with Gasteiger partial charge in [0.2, 0.25) is 0 Å². The first-order chi connectivity index (χ1) is 10.2.